The first-order valence-corrected chi connectivity index (χ1v) is 13.0. The van der Waals surface area contributed by atoms with E-state index in [1.54, 1.807) is 11.8 Å². The number of carbonyl (C=O) groups is 1. The molecule has 2 aromatic rings. The van der Waals surface area contributed by atoms with Crippen LogP contribution in [-0.2, 0) is 4.79 Å². The maximum absolute atomic E-state index is 12.6. The third-order valence-electron chi connectivity index (χ3n) is 5.24. The third kappa shape index (κ3) is 5.96. The van der Waals surface area contributed by atoms with E-state index in [2.05, 4.69) is 18.5 Å². The van der Waals surface area contributed by atoms with Gasteiger partial charge in [0.15, 0.2) is 0 Å². The monoisotopic (exact) mass is 461 g/mol. The van der Waals surface area contributed by atoms with Crippen molar-refractivity contribution in [3.8, 4) is 0 Å². The van der Waals surface area contributed by atoms with Gasteiger partial charge in [0, 0.05) is 27.6 Å². The molecule has 7 heteroatoms. The fraction of sp³-hybridized carbons (Fsp3) is 0.391. The van der Waals surface area contributed by atoms with Crippen molar-refractivity contribution in [2.75, 3.05) is 36.7 Å². The molecule has 1 heterocycles. The molecule has 1 N–H and O–H groups in total. The summed E-state index contributed by atoms with van der Waals surface area (Å²) in [5.41, 5.74) is 2.82. The van der Waals surface area contributed by atoms with Crippen LogP contribution in [0.25, 0.3) is 0 Å². The summed E-state index contributed by atoms with van der Waals surface area (Å²) < 4.78 is 0. The second-order valence-corrected chi connectivity index (χ2v) is 10.0. The predicted molar refractivity (Wildman–Crippen MR) is 132 cm³/mol. The SMILES string of the molecule is CSCCCC1(C)CN(CC(=O)Nc2ccc(SC)cc2)N=C1c1ccc(Cl)cc1. The van der Waals surface area contributed by atoms with Crippen molar-refractivity contribution in [3.05, 3.63) is 59.1 Å². The van der Waals surface area contributed by atoms with E-state index in [4.69, 9.17) is 16.7 Å². The average Bonchev–Trinajstić information content (AvgIpc) is 3.05. The number of halogens is 1. The molecule has 1 aliphatic rings. The lowest BCUT2D eigenvalue weighted by atomic mass is 9.78. The van der Waals surface area contributed by atoms with Crippen LogP contribution in [-0.4, -0.2) is 48.0 Å². The van der Waals surface area contributed by atoms with Crippen molar-refractivity contribution < 1.29 is 4.79 Å². The minimum atomic E-state index is -0.0934. The van der Waals surface area contributed by atoms with E-state index in [-0.39, 0.29) is 17.9 Å². The van der Waals surface area contributed by atoms with E-state index in [0.717, 1.165) is 42.1 Å². The van der Waals surface area contributed by atoms with Gasteiger partial charge in [0.25, 0.3) is 0 Å². The summed E-state index contributed by atoms with van der Waals surface area (Å²) in [7, 11) is 0. The molecule has 1 aliphatic heterocycles. The Morgan fingerprint density at radius 3 is 2.50 bits per heavy atom. The number of amides is 1. The molecular formula is C23H28ClN3OS2. The van der Waals surface area contributed by atoms with Gasteiger partial charge in [0.05, 0.1) is 5.71 Å². The molecule has 160 valence electrons. The first-order chi connectivity index (χ1) is 14.4. The van der Waals surface area contributed by atoms with Gasteiger partial charge >= 0.3 is 0 Å². The molecule has 0 radical (unpaired) electrons. The van der Waals surface area contributed by atoms with Crippen LogP contribution in [0.5, 0.6) is 0 Å². The molecule has 1 atom stereocenters. The number of hydrazone groups is 1. The standard InChI is InChI=1S/C23H28ClN3OS2/c1-23(13-4-14-29-2)16-27(26-22(23)17-5-7-18(24)8-6-17)15-21(28)25-19-9-11-20(30-3)12-10-19/h5-12H,4,13-16H2,1-3H3,(H,25,28). The van der Waals surface area contributed by atoms with Gasteiger partial charge in [-0.05, 0) is 73.1 Å². The van der Waals surface area contributed by atoms with Crippen molar-refractivity contribution in [2.24, 2.45) is 10.5 Å². The van der Waals surface area contributed by atoms with E-state index in [1.807, 2.05) is 71.6 Å². The van der Waals surface area contributed by atoms with E-state index in [9.17, 15) is 4.79 Å². The number of nitrogens with one attached hydrogen (secondary N) is 1. The highest BCUT2D eigenvalue weighted by Gasteiger charge is 2.39. The van der Waals surface area contributed by atoms with Gasteiger partial charge < -0.3 is 5.32 Å². The highest BCUT2D eigenvalue weighted by molar-refractivity contribution is 7.98. The molecule has 30 heavy (non-hydrogen) atoms. The zero-order chi connectivity index (χ0) is 21.6. The first-order valence-electron chi connectivity index (χ1n) is 9.96. The van der Waals surface area contributed by atoms with Crippen LogP contribution >= 0.6 is 35.1 Å². The summed E-state index contributed by atoms with van der Waals surface area (Å²) in [6.07, 6.45) is 6.32. The number of hydrogen-bond donors (Lipinski definition) is 1. The Labute approximate surface area is 192 Å². The van der Waals surface area contributed by atoms with Gasteiger partial charge in [-0.3, -0.25) is 9.80 Å². The van der Waals surface area contributed by atoms with Crippen LogP contribution in [0.15, 0.2) is 58.5 Å². The maximum atomic E-state index is 12.6. The van der Waals surface area contributed by atoms with Crippen LogP contribution < -0.4 is 5.32 Å². The highest BCUT2D eigenvalue weighted by Crippen LogP contribution is 2.36. The molecule has 0 aliphatic carbocycles. The van der Waals surface area contributed by atoms with Crippen LogP contribution in [0.4, 0.5) is 5.69 Å². The number of thioether (sulfide) groups is 2. The summed E-state index contributed by atoms with van der Waals surface area (Å²) >= 11 is 9.62. The van der Waals surface area contributed by atoms with Crippen molar-refractivity contribution >= 4 is 52.4 Å². The number of carbonyl (C=O) groups excluding carboxylic acids is 1. The molecule has 0 spiro atoms. The lowest BCUT2D eigenvalue weighted by Gasteiger charge is -2.26. The molecule has 0 saturated carbocycles. The molecule has 0 saturated heterocycles. The summed E-state index contributed by atoms with van der Waals surface area (Å²) in [5, 5.41) is 10.5. The summed E-state index contributed by atoms with van der Waals surface area (Å²) in [6, 6.07) is 15.7. The van der Waals surface area contributed by atoms with Crippen molar-refractivity contribution in [1.82, 2.24) is 5.01 Å². The van der Waals surface area contributed by atoms with E-state index in [0.29, 0.717) is 5.02 Å². The smallest absolute Gasteiger partial charge is 0.245 e. The molecule has 4 nitrogen and oxygen atoms in total. The Morgan fingerprint density at radius 1 is 1.17 bits per heavy atom. The quantitative estimate of drug-likeness (QED) is 0.374. The van der Waals surface area contributed by atoms with E-state index >= 15 is 0 Å². The van der Waals surface area contributed by atoms with Crippen LogP contribution in [0, 0.1) is 5.41 Å². The minimum absolute atomic E-state index is 0.0560. The third-order valence-corrected chi connectivity index (χ3v) is 6.93. The fourth-order valence-corrected chi connectivity index (χ4v) is 4.69. The van der Waals surface area contributed by atoms with Crippen LogP contribution in [0.2, 0.25) is 5.02 Å². The lowest BCUT2D eigenvalue weighted by Crippen LogP contribution is -2.34. The van der Waals surface area contributed by atoms with Crippen molar-refractivity contribution in [1.29, 1.82) is 0 Å². The van der Waals surface area contributed by atoms with Crippen molar-refractivity contribution in [2.45, 2.75) is 24.7 Å². The Hall–Kier alpha value is -1.63. The highest BCUT2D eigenvalue weighted by atomic mass is 35.5. The van der Waals surface area contributed by atoms with Gasteiger partial charge in [-0.1, -0.05) is 30.7 Å². The molecule has 1 amide bonds. The van der Waals surface area contributed by atoms with E-state index < -0.39 is 0 Å². The molecule has 2 aromatic carbocycles. The molecule has 0 bridgehead atoms. The van der Waals surface area contributed by atoms with Crippen LogP contribution in [0.3, 0.4) is 0 Å². The number of rotatable bonds is 9. The average molecular weight is 462 g/mol. The normalized spacial score (nSPS) is 18.4. The summed E-state index contributed by atoms with van der Waals surface area (Å²) in [5.74, 6) is 1.07. The van der Waals surface area contributed by atoms with E-state index in [1.165, 1.54) is 4.90 Å². The number of benzene rings is 2. The first kappa shape index (κ1) is 23.0. The second kappa shape index (κ2) is 10.6. The lowest BCUT2D eigenvalue weighted by molar-refractivity contribution is -0.117. The summed E-state index contributed by atoms with van der Waals surface area (Å²) in [6.45, 7) is 3.22. The largest absolute Gasteiger partial charge is 0.324 e. The summed E-state index contributed by atoms with van der Waals surface area (Å²) in [4.78, 5) is 13.8. The Balaban J connectivity index is 1.72. The molecule has 0 fully saturated rings. The zero-order valence-electron chi connectivity index (χ0n) is 17.7. The minimum Gasteiger partial charge on any atom is -0.324 e. The number of nitrogens with zero attached hydrogens (tertiary/aromatic N) is 2. The van der Waals surface area contributed by atoms with Crippen molar-refractivity contribution in [3.63, 3.8) is 0 Å². The molecule has 1 unspecified atom stereocenters. The van der Waals surface area contributed by atoms with Crippen LogP contribution in [0.1, 0.15) is 25.3 Å². The Morgan fingerprint density at radius 2 is 1.87 bits per heavy atom. The fourth-order valence-electron chi connectivity index (χ4n) is 3.73. The van der Waals surface area contributed by atoms with Gasteiger partial charge in [0.1, 0.15) is 6.54 Å². The second-order valence-electron chi connectivity index (χ2n) is 7.71. The molecule has 0 aromatic heterocycles. The molecule has 3 rings (SSSR count). The van der Waals surface area contributed by atoms with Gasteiger partial charge in [-0.25, -0.2) is 0 Å². The van der Waals surface area contributed by atoms with Gasteiger partial charge in [0.2, 0.25) is 5.91 Å². The number of hydrogen-bond acceptors (Lipinski definition) is 5. The van der Waals surface area contributed by atoms with Gasteiger partial charge in [-0.2, -0.15) is 16.9 Å². The zero-order valence-corrected chi connectivity index (χ0v) is 20.0. The molecular weight excluding hydrogens is 434 g/mol. The maximum Gasteiger partial charge on any atom is 0.245 e. The number of anilines is 1. The predicted octanol–water partition coefficient (Wildman–Crippen LogP) is 5.87. The van der Waals surface area contributed by atoms with Gasteiger partial charge in [-0.15, -0.1) is 11.8 Å². The Bertz CT molecular complexity index is 886. The topological polar surface area (TPSA) is 44.7 Å². The Kier molecular flexibility index (Phi) is 8.14.